The Kier molecular flexibility index (Phi) is 3.80. The van der Waals surface area contributed by atoms with Gasteiger partial charge in [0.15, 0.2) is 17.3 Å². The van der Waals surface area contributed by atoms with E-state index in [0.29, 0.717) is 34.0 Å². The molecule has 0 radical (unpaired) electrons. The lowest BCUT2D eigenvalue weighted by Gasteiger charge is -2.04. The first-order valence-electron chi connectivity index (χ1n) is 8.93. The van der Waals surface area contributed by atoms with Gasteiger partial charge in [-0.2, -0.15) is 0 Å². The molecule has 3 N–H and O–H groups in total. The van der Waals surface area contributed by atoms with E-state index >= 15 is 0 Å². The molecule has 7 nitrogen and oxygen atoms in total. The van der Waals surface area contributed by atoms with Crippen LogP contribution in [0.1, 0.15) is 26.3 Å². The molecule has 4 aromatic rings. The molecule has 7 heteroatoms. The number of rotatable bonds is 4. The minimum absolute atomic E-state index is 0.106. The maximum atomic E-state index is 12.8. The van der Waals surface area contributed by atoms with E-state index in [1.165, 1.54) is 0 Å². The highest BCUT2D eigenvalue weighted by Crippen LogP contribution is 2.33. The molecule has 0 aliphatic carbocycles. The number of aromatic nitrogens is 2. The summed E-state index contributed by atoms with van der Waals surface area (Å²) in [5.74, 6) is 1.26. The monoisotopic (exact) mass is 385 g/mol. The van der Waals surface area contributed by atoms with Gasteiger partial charge in [-0.05, 0) is 36.4 Å². The number of carbonyl (C=O) groups excluding carboxylic acids is 2. The predicted molar refractivity (Wildman–Crippen MR) is 106 cm³/mol. The lowest BCUT2D eigenvalue weighted by Crippen LogP contribution is -2.10. The molecule has 1 aliphatic heterocycles. The largest absolute Gasteiger partial charge is 0.454 e. The minimum Gasteiger partial charge on any atom is -0.454 e. The third kappa shape index (κ3) is 2.98. The van der Waals surface area contributed by atoms with Crippen LogP contribution in [0.5, 0.6) is 11.5 Å². The standard InChI is InChI=1S/C22H15N3O4/c23-21(27)15-5-7-16-17(9-15)25-22(24-16)13-3-1-12(2-4-13)20(26)14-6-8-18-19(10-14)29-11-28-18/h1-10H,11H2,(H2,23,27)(H,24,25). The third-order valence-corrected chi connectivity index (χ3v) is 4.82. The second-order valence-corrected chi connectivity index (χ2v) is 6.66. The number of imidazole rings is 1. The smallest absolute Gasteiger partial charge is 0.248 e. The average Bonchev–Trinajstić information content (AvgIpc) is 3.38. The average molecular weight is 385 g/mol. The van der Waals surface area contributed by atoms with E-state index in [9.17, 15) is 9.59 Å². The number of aromatic amines is 1. The summed E-state index contributed by atoms with van der Waals surface area (Å²) in [7, 11) is 0. The van der Waals surface area contributed by atoms with E-state index in [-0.39, 0.29) is 12.6 Å². The number of carbonyl (C=O) groups is 2. The number of nitrogens with two attached hydrogens (primary N) is 1. The van der Waals surface area contributed by atoms with Crippen LogP contribution in [0.3, 0.4) is 0 Å². The Balaban J connectivity index is 1.43. The number of amides is 1. The van der Waals surface area contributed by atoms with Crippen LogP contribution >= 0.6 is 0 Å². The molecule has 0 bridgehead atoms. The van der Waals surface area contributed by atoms with Crippen LogP contribution in [0.2, 0.25) is 0 Å². The molecule has 2 heterocycles. The van der Waals surface area contributed by atoms with Crippen LogP contribution in [0.25, 0.3) is 22.4 Å². The Labute approximate surface area is 165 Å². The highest BCUT2D eigenvalue weighted by molar-refractivity contribution is 6.09. The lowest BCUT2D eigenvalue weighted by molar-refractivity contribution is 0.0998. The SMILES string of the molecule is NC(=O)c1ccc2nc(-c3ccc(C(=O)c4ccc5c(c4)OCO5)cc3)[nH]c2c1. The lowest BCUT2D eigenvalue weighted by atomic mass is 10.0. The highest BCUT2D eigenvalue weighted by Gasteiger charge is 2.17. The van der Waals surface area contributed by atoms with Gasteiger partial charge in [0, 0.05) is 22.3 Å². The maximum absolute atomic E-state index is 12.8. The first-order chi connectivity index (χ1) is 14.1. The predicted octanol–water partition coefficient (Wildman–Crippen LogP) is 3.29. The normalized spacial score (nSPS) is 12.3. The number of ether oxygens (including phenoxy) is 2. The molecule has 0 saturated heterocycles. The molecule has 0 unspecified atom stereocenters. The summed E-state index contributed by atoms with van der Waals surface area (Å²) in [6.45, 7) is 0.167. The van der Waals surface area contributed by atoms with Crippen molar-refractivity contribution in [2.24, 2.45) is 5.73 Å². The van der Waals surface area contributed by atoms with Crippen LogP contribution in [0.4, 0.5) is 0 Å². The van der Waals surface area contributed by atoms with Crippen LogP contribution in [0, 0.1) is 0 Å². The van der Waals surface area contributed by atoms with Gasteiger partial charge in [-0.15, -0.1) is 0 Å². The van der Waals surface area contributed by atoms with Gasteiger partial charge in [0.05, 0.1) is 11.0 Å². The van der Waals surface area contributed by atoms with Crippen molar-refractivity contribution < 1.29 is 19.1 Å². The van der Waals surface area contributed by atoms with Gasteiger partial charge in [-0.25, -0.2) is 4.98 Å². The molecular weight excluding hydrogens is 370 g/mol. The highest BCUT2D eigenvalue weighted by atomic mass is 16.7. The Morgan fingerprint density at radius 2 is 1.59 bits per heavy atom. The number of fused-ring (bicyclic) bond motifs is 2. The van der Waals surface area contributed by atoms with E-state index in [2.05, 4.69) is 9.97 Å². The zero-order chi connectivity index (χ0) is 20.0. The van der Waals surface area contributed by atoms with Gasteiger partial charge in [-0.3, -0.25) is 9.59 Å². The van der Waals surface area contributed by atoms with Crippen molar-refractivity contribution in [2.75, 3.05) is 6.79 Å². The molecule has 0 fully saturated rings. The Morgan fingerprint density at radius 1 is 0.862 bits per heavy atom. The van der Waals surface area contributed by atoms with E-state index in [0.717, 1.165) is 16.6 Å². The molecule has 1 aliphatic rings. The van der Waals surface area contributed by atoms with E-state index in [1.54, 1.807) is 48.5 Å². The van der Waals surface area contributed by atoms with E-state index in [4.69, 9.17) is 15.2 Å². The van der Waals surface area contributed by atoms with Gasteiger partial charge in [0.2, 0.25) is 12.7 Å². The first kappa shape index (κ1) is 17.0. The summed E-state index contributed by atoms with van der Waals surface area (Å²) in [6, 6.07) is 17.4. The number of benzene rings is 3. The zero-order valence-corrected chi connectivity index (χ0v) is 15.1. The van der Waals surface area contributed by atoms with Gasteiger partial charge in [0.25, 0.3) is 0 Å². The number of ketones is 1. The quantitative estimate of drug-likeness (QED) is 0.524. The van der Waals surface area contributed by atoms with Crippen molar-refractivity contribution in [3.63, 3.8) is 0 Å². The Hall–Kier alpha value is -4.13. The van der Waals surface area contributed by atoms with Crippen molar-refractivity contribution in [1.82, 2.24) is 9.97 Å². The number of nitrogens with one attached hydrogen (secondary N) is 1. The molecule has 5 rings (SSSR count). The van der Waals surface area contributed by atoms with Crippen LogP contribution in [0.15, 0.2) is 60.7 Å². The Morgan fingerprint density at radius 3 is 2.38 bits per heavy atom. The van der Waals surface area contributed by atoms with Crippen LogP contribution < -0.4 is 15.2 Å². The molecule has 29 heavy (non-hydrogen) atoms. The van der Waals surface area contributed by atoms with Crippen molar-refractivity contribution in [3.05, 3.63) is 77.4 Å². The molecule has 0 spiro atoms. The van der Waals surface area contributed by atoms with Crippen LogP contribution in [-0.2, 0) is 0 Å². The van der Waals surface area contributed by atoms with Crippen molar-refractivity contribution in [1.29, 1.82) is 0 Å². The number of primary amides is 1. The molecule has 0 saturated carbocycles. The maximum Gasteiger partial charge on any atom is 0.248 e. The first-order valence-corrected chi connectivity index (χ1v) is 8.93. The van der Waals surface area contributed by atoms with Crippen molar-refractivity contribution >= 4 is 22.7 Å². The van der Waals surface area contributed by atoms with E-state index in [1.807, 2.05) is 12.1 Å². The minimum atomic E-state index is -0.491. The van der Waals surface area contributed by atoms with Gasteiger partial charge >= 0.3 is 0 Å². The number of nitrogens with zero attached hydrogens (tertiary/aromatic N) is 1. The van der Waals surface area contributed by atoms with Crippen molar-refractivity contribution in [2.45, 2.75) is 0 Å². The van der Waals surface area contributed by atoms with Crippen LogP contribution in [-0.4, -0.2) is 28.5 Å². The summed E-state index contributed by atoms with van der Waals surface area (Å²) in [6.07, 6.45) is 0. The second-order valence-electron chi connectivity index (χ2n) is 6.66. The summed E-state index contributed by atoms with van der Waals surface area (Å²) in [4.78, 5) is 31.8. The number of H-pyrrole nitrogens is 1. The van der Waals surface area contributed by atoms with Crippen molar-refractivity contribution in [3.8, 4) is 22.9 Å². The molecule has 0 atom stereocenters. The third-order valence-electron chi connectivity index (χ3n) is 4.82. The molecule has 1 aromatic heterocycles. The molecule has 142 valence electrons. The second kappa shape index (κ2) is 6.49. The topological polar surface area (TPSA) is 107 Å². The van der Waals surface area contributed by atoms with Gasteiger partial charge < -0.3 is 20.2 Å². The Bertz CT molecular complexity index is 1280. The zero-order valence-electron chi connectivity index (χ0n) is 15.1. The summed E-state index contributed by atoms with van der Waals surface area (Å²) in [5.41, 5.74) is 9.10. The fourth-order valence-electron chi connectivity index (χ4n) is 3.28. The summed E-state index contributed by atoms with van der Waals surface area (Å²) < 4.78 is 10.6. The van der Waals surface area contributed by atoms with Gasteiger partial charge in [0.1, 0.15) is 5.82 Å². The fourth-order valence-corrected chi connectivity index (χ4v) is 3.28. The molecular formula is C22H15N3O4. The van der Waals surface area contributed by atoms with E-state index < -0.39 is 5.91 Å². The molecule has 3 aromatic carbocycles. The summed E-state index contributed by atoms with van der Waals surface area (Å²) >= 11 is 0. The fraction of sp³-hybridized carbons (Fsp3) is 0.0455. The van der Waals surface area contributed by atoms with Gasteiger partial charge in [-0.1, -0.05) is 24.3 Å². The summed E-state index contributed by atoms with van der Waals surface area (Å²) in [5, 5.41) is 0. The number of hydrogen-bond donors (Lipinski definition) is 2. The number of hydrogen-bond acceptors (Lipinski definition) is 5. The molecule has 1 amide bonds.